The normalized spacial score (nSPS) is 12.8. The van der Waals surface area contributed by atoms with Crippen molar-refractivity contribution in [1.82, 2.24) is 4.90 Å². The molecule has 0 rings (SSSR count). The Morgan fingerprint density at radius 1 is 1.64 bits per heavy atom. The maximum atomic E-state index is 10.9. The molecule has 0 amide bonds. The van der Waals surface area contributed by atoms with Crippen LogP contribution in [-0.4, -0.2) is 46.8 Å². The third-order valence-corrected chi connectivity index (χ3v) is 2.04. The minimum atomic E-state index is -0.831. The number of aliphatic carboxylic acids is 1. The second-order valence-electron chi connectivity index (χ2n) is 3.15. The van der Waals surface area contributed by atoms with Gasteiger partial charge in [-0.2, -0.15) is 0 Å². The summed E-state index contributed by atoms with van der Waals surface area (Å²) in [5, 5.41) is 17.8. The van der Waals surface area contributed by atoms with E-state index in [9.17, 15) is 4.79 Å². The first-order chi connectivity index (χ1) is 6.67. The van der Waals surface area contributed by atoms with E-state index in [0.717, 1.165) is 6.42 Å². The Kier molecular flexibility index (Phi) is 7.06. The molecule has 0 heterocycles. The molecule has 0 aromatic carbocycles. The minimum Gasteiger partial charge on any atom is -0.480 e. The predicted molar refractivity (Wildman–Crippen MR) is 55.2 cm³/mol. The van der Waals surface area contributed by atoms with E-state index in [2.05, 4.69) is 6.58 Å². The van der Waals surface area contributed by atoms with Gasteiger partial charge in [0, 0.05) is 13.1 Å². The molecule has 0 saturated heterocycles. The lowest BCUT2D eigenvalue weighted by molar-refractivity contribution is -0.143. The third-order valence-electron chi connectivity index (χ3n) is 2.04. The quantitative estimate of drug-likeness (QED) is 0.568. The number of rotatable bonds is 8. The van der Waals surface area contributed by atoms with Gasteiger partial charge in [-0.3, -0.25) is 9.69 Å². The van der Waals surface area contributed by atoms with Gasteiger partial charge >= 0.3 is 5.97 Å². The van der Waals surface area contributed by atoms with Crippen LogP contribution in [0.2, 0.25) is 0 Å². The van der Waals surface area contributed by atoms with E-state index < -0.39 is 12.0 Å². The molecule has 82 valence electrons. The maximum absolute atomic E-state index is 10.9. The highest BCUT2D eigenvalue weighted by Crippen LogP contribution is 2.07. The first-order valence-electron chi connectivity index (χ1n) is 4.86. The molecule has 0 bridgehead atoms. The molecule has 0 aromatic heterocycles. The molecule has 0 aliphatic rings. The van der Waals surface area contributed by atoms with Gasteiger partial charge in [0.25, 0.3) is 0 Å². The summed E-state index contributed by atoms with van der Waals surface area (Å²) in [6.07, 6.45) is 3.07. The molecule has 0 aliphatic heterocycles. The summed E-state index contributed by atoms with van der Waals surface area (Å²) in [4.78, 5) is 12.6. The van der Waals surface area contributed by atoms with Gasteiger partial charge in [-0.1, -0.05) is 19.4 Å². The number of nitrogens with zero attached hydrogens (tertiary/aromatic N) is 1. The largest absolute Gasteiger partial charge is 0.480 e. The van der Waals surface area contributed by atoms with Crippen LogP contribution in [0.3, 0.4) is 0 Å². The lowest BCUT2D eigenvalue weighted by atomic mass is 10.1. The Hall–Kier alpha value is -0.870. The third kappa shape index (κ3) is 4.39. The smallest absolute Gasteiger partial charge is 0.320 e. The minimum absolute atomic E-state index is 0.0265. The lowest BCUT2D eigenvalue weighted by Crippen LogP contribution is -2.42. The van der Waals surface area contributed by atoms with Crippen molar-refractivity contribution >= 4 is 5.97 Å². The van der Waals surface area contributed by atoms with Crippen molar-refractivity contribution in [3.63, 3.8) is 0 Å². The number of carboxylic acids is 1. The van der Waals surface area contributed by atoms with E-state index in [4.69, 9.17) is 10.2 Å². The number of hydrogen-bond donors (Lipinski definition) is 2. The van der Waals surface area contributed by atoms with Crippen LogP contribution in [-0.2, 0) is 4.79 Å². The number of aliphatic hydroxyl groups is 1. The zero-order valence-corrected chi connectivity index (χ0v) is 8.65. The zero-order valence-electron chi connectivity index (χ0n) is 8.65. The number of hydrogen-bond acceptors (Lipinski definition) is 3. The summed E-state index contributed by atoms with van der Waals surface area (Å²) in [5.41, 5.74) is 0. The van der Waals surface area contributed by atoms with Gasteiger partial charge in [0.05, 0.1) is 6.61 Å². The van der Waals surface area contributed by atoms with E-state index in [1.54, 1.807) is 11.0 Å². The Labute approximate surface area is 84.8 Å². The van der Waals surface area contributed by atoms with Crippen molar-refractivity contribution in [2.75, 3.05) is 19.7 Å². The summed E-state index contributed by atoms with van der Waals surface area (Å²) in [7, 11) is 0. The van der Waals surface area contributed by atoms with Crippen LogP contribution in [0.25, 0.3) is 0 Å². The summed E-state index contributed by atoms with van der Waals surface area (Å²) < 4.78 is 0. The van der Waals surface area contributed by atoms with E-state index in [-0.39, 0.29) is 6.61 Å². The second-order valence-corrected chi connectivity index (χ2v) is 3.15. The van der Waals surface area contributed by atoms with Gasteiger partial charge in [0.2, 0.25) is 0 Å². The monoisotopic (exact) mass is 201 g/mol. The molecule has 0 fully saturated rings. The van der Waals surface area contributed by atoms with Gasteiger partial charge in [-0.25, -0.2) is 0 Å². The van der Waals surface area contributed by atoms with E-state index >= 15 is 0 Å². The number of carbonyl (C=O) groups is 1. The Bertz CT molecular complexity index is 182. The number of aliphatic hydroxyl groups excluding tert-OH is 1. The van der Waals surface area contributed by atoms with Crippen molar-refractivity contribution < 1.29 is 15.0 Å². The van der Waals surface area contributed by atoms with Crippen LogP contribution in [0.5, 0.6) is 0 Å². The van der Waals surface area contributed by atoms with Crippen LogP contribution < -0.4 is 0 Å². The molecule has 2 N–H and O–H groups in total. The van der Waals surface area contributed by atoms with Gasteiger partial charge in [-0.15, -0.1) is 6.58 Å². The summed E-state index contributed by atoms with van der Waals surface area (Å²) in [6, 6.07) is -0.509. The Morgan fingerprint density at radius 3 is 2.64 bits per heavy atom. The SMILES string of the molecule is C=CCN(CCO)[C@@H](CCC)C(=O)O. The van der Waals surface area contributed by atoms with E-state index in [1.807, 2.05) is 6.92 Å². The average Bonchev–Trinajstić information content (AvgIpc) is 2.13. The van der Waals surface area contributed by atoms with Crippen LogP contribution in [0, 0.1) is 0 Å². The molecule has 4 heteroatoms. The molecule has 0 aliphatic carbocycles. The highest BCUT2D eigenvalue weighted by Gasteiger charge is 2.22. The van der Waals surface area contributed by atoms with Gasteiger partial charge in [-0.05, 0) is 6.42 Å². The van der Waals surface area contributed by atoms with Gasteiger partial charge in [0.15, 0.2) is 0 Å². The van der Waals surface area contributed by atoms with Crippen LogP contribution in [0.15, 0.2) is 12.7 Å². The molecule has 0 spiro atoms. The summed E-state index contributed by atoms with van der Waals surface area (Å²) in [6.45, 7) is 6.36. The van der Waals surface area contributed by atoms with Crippen LogP contribution in [0.1, 0.15) is 19.8 Å². The average molecular weight is 201 g/mol. The second kappa shape index (κ2) is 7.53. The zero-order chi connectivity index (χ0) is 11.0. The summed E-state index contributed by atoms with van der Waals surface area (Å²) >= 11 is 0. The molecular weight excluding hydrogens is 182 g/mol. The first kappa shape index (κ1) is 13.1. The topological polar surface area (TPSA) is 60.8 Å². The van der Waals surface area contributed by atoms with E-state index in [1.165, 1.54) is 0 Å². The highest BCUT2D eigenvalue weighted by molar-refractivity contribution is 5.73. The number of carboxylic acid groups (broad SMARTS) is 1. The lowest BCUT2D eigenvalue weighted by Gasteiger charge is -2.26. The molecule has 0 saturated carbocycles. The van der Waals surface area contributed by atoms with Gasteiger partial charge in [0.1, 0.15) is 6.04 Å². The fourth-order valence-electron chi connectivity index (χ4n) is 1.40. The van der Waals surface area contributed by atoms with Crippen LogP contribution in [0.4, 0.5) is 0 Å². The fraction of sp³-hybridized carbons (Fsp3) is 0.700. The predicted octanol–water partition coefficient (Wildman–Crippen LogP) is 0.720. The summed E-state index contributed by atoms with van der Waals surface area (Å²) in [5.74, 6) is -0.831. The molecular formula is C10H19NO3. The maximum Gasteiger partial charge on any atom is 0.320 e. The van der Waals surface area contributed by atoms with Crippen molar-refractivity contribution in [1.29, 1.82) is 0 Å². The molecule has 0 unspecified atom stereocenters. The Balaban J connectivity index is 4.36. The van der Waals surface area contributed by atoms with Crippen molar-refractivity contribution in [2.45, 2.75) is 25.8 Å². The highest BCUT2D eigenvalue weighted by atomic mass is 16.4. The van der Waals surface area contributed by atoms with Crippen molar-refractivity contribution in [3.8, 4) is 0 Å². The Morgan fingerprint density at radius 2 is 2.29 bits per heavy atom. The molecule has 0 radical (unpaired) electrons. The van der Waals surface area contributed by atoms with E-state index in [0.29, 0.717) is 19.5 Å². The molecule has 1 atom stereocenters. The first-order valence-corrected chi connectivity index (χ1v) is 4.86. The molecule has 0 aromatic rings. The fourth-order valence-corrected chi connectivity index (χ4v) is 1.40. The van der Waals surface area contributed by atoms with Gasteiger partial charge < -0.3 is 10.2 Å². The molecule has 14 heavy (non-hydrogen) atoms. The van der Waals surface area contributed by atoms with Crippen molar-refractivity contribution in [2.24, 2.45) is 0 Å². The van der Waals surface area contributed by atoms with Crippen LogP contribution >= 0.6 is 0 Å². The standard InChI is InChI=1S/C10H19NO3/c1-3-5-9(10(13)14)11(6-4-2)7-8-12/h4,9,12H,2-3,5-8H2,1H3,(H,13,14)/t9-/m0/s1. The van der Waals surface area contributed by atoms with Crippen molar-refractivity contribution in [3.05, 3.63) is 12.7 Å². The molecule has 4 nitrogen and oxygen atoms in total.